The molecule has 0 N–H and O–H groups in total. The molecule has 0 aromatic heterocycles. The lowest BCUT2D eigenvalue weighted by molar-refractivity contribution is 0.0920. The zero-order valence-corrected chi connectivity index (χ0v) is 16.1. The van der Waals surface area contributed by atoms with Gasteiger partial charge in [-0.15, -0.1) is 0 Å². The first-order valence-electron chi connectivity index (χ1n) is 9.17. The zero-order chi connectivity index (χ0) is 21.1. The minimum atomic E-state index is -0.356. The van der Waals surface area contributed by atoms with E-state index in [-0.39, 0.29) is 29.7 Å². The van der Waals surface area contributed by atoms with E-state index in [2.05, 4.69) is 0 Å². The van der Waals surface area contributed by atoms with Crippen molar-refractivity contribution in [3.05, 3.63) is 95.0 Å². The van der Waals surface area contributed by atoms with Crippen molar-refractivity contribution in [2.45, 2.75) is 0 Å². The van der Waals surface area contributed by atoms with Gasteiger partial charge in [0.2, 0.25) is 5.78 Å². The van der Waals surface area contributed by atoms with Gasteiger partial charge in [0.25, 0.3) is 0 Å². The summed E-state index contributed by atoms with van der Waals surface area (Å²) >= 11 is 0. The lowest BCUT2D eigenvalue weighted by Crippen LogP contribution is -2.11. The molecule has 1 aliphatic rings. The van der Waals surface area contributed by atoms with Gasteiger partial charge in [-0.1, -0.05) is 12.1 Å². The molecule has 30 heavy (non-hydrogen) atoms. The number of halogens is 1. The van der Waals surface area contributed by atoms with Crippen LogP contribution in [0.1, 0.15) is 26.3 Å². The number of fused-ring (bicyclic) bond motifs is 1. The van der Waals surface area contributed by atoms with Gasteiger partial charge in [0.05, 0.1) is 12.7 Å². The van der Waals surface area contributed by atoms with Gasteiger partial charge in [0.15, 0.2) is 18.1 Å². The fraction of sp³-hybridized carbons (Fsp3) is 0.0833. The second-order valence-corrected chi connectivity index (χ2v) is 6.59. The largest absolute Gasteiger partial charge is 0.497 e. The van der Waals surface area contributed by atoms with E-state index in [0.717, 1.165) is 0 Å². The summed E-state index contributed by atoms with van der Waals surface area (Å²) in [6.45, 7) is -0.155. The third kappa shape index (κ3) is 4.07. The van der Waals surface area contributed by atoms with Crippen LogP contribution in [-0.2, 0) is 0 Å². The van der Waals surface area contributed by atoms with Crippen molar-refractivity contribution < 1.29 is 28.2 Å². The maximum absolute atomic E-state index is 13.0. The number of benzene rings is 3. The molecular weight excluding hydrogens is 387 g/mol. The molecule has 5 nitrogen and oxygen atoms in total. The summed E-state index contributed by atoms with van der Waals surface area (Å²) in [5, 5.41) is 0. The molecule has 6 heteroatoms. The highest BCUT2D eigenvalue weighted by Crippen LogP contribution is 2.35. The average Bonchev–Trinajstić information content (AvgIpc) is 3.08. The summed E-state index contributed by atoms with van der Waals surface area (Å²) < 4.78 is 29.3. The highest BCUT2D eigenvalue weighted by Gasteiger charge is 2.27. The predicted molar refractivity (Wildman–Crippen MR) is 109 cm³/mol. The summed E-state index contributed by atoms with van der Waals surface area (Å²) in [6, 6.07) is 17.3. The van der Waals surface area contributed by atoms with Crippen LogP contribution < -0.4 is 14.2 Å². The molecule has 0 radical (unpaired) electrons. The van der Waals surface area contributed by atoms with E-state index in [1.54, 1.807) is 67.8 Å². The van der Waals surface area contributed by atoms with Gasteiger partial charge in [-0.3, -0.25) is 9.59 Å². The average molecular weight is 404 g/mol. The van der Waals surface area contributed by atoms with Crippen LogP contribution in [0.4, 0.5) is 4.39 Å². The van der Waals surface area contributed by atoms with Crippen LogP contribution >= 0.6 is 0 Å². The maximum Gasteiger partial charge on any atom is 0.231 e. The maximum atomic E-state index is 13.0. The van der Waals surface area contributed by atoms with Gasteiger partial charge in [-0.25, -0.2) is 4.39 Å². The smallest absolute Gasteiger partial charge is 0.231 e. The number of ketones is 2. The minimum Gasteiger partial charge on any atom is -0.497 e. The van der Waals surface area contributed by atoms with E-state index >= 15 is 0 Å². The van der Waals surface area contributed by atoms with Crippen LogP contribution in [0.15, 0.2) is 72.5 Å². The van der Waals surface area contributed by atoms with Crippen molar-refractivity contribution in [2.24, 2.45) is 0 Å². The molecular formula is C24H17FO5. The molecule has 0 aliphatic carbocycles. The topological polar surface area (TPSA) is 61.8 Å². The lowest BCUT2D eigenvalue weighted by atomic mass is 10.1. The van der Waals surface area contributed by atoms with Gasteiger partial charge in [-0.05, 0) is 60.2 Å². The normalized spacial score (nSPS) is 13.7. The van der Waals surface area contributed by atoms with Gasteiger partial charge >= 0.3 is 0 Å². The second kappa shape index (κ2) is 8.21. The van der Waals surface area contributed by atoms with Crippen LogP contribution in [0.5, 0.6) is 17.2 Å². The molecule has 0 amide bonds. The Morgan fingerprint density at radius 3 is 2.40 bits per heavy atom. The van der Waals surface area contributed by atoms with Gasteiger partial charge < -0.3 is 14.2 Å². The Bertz CT molecular complexity index is 1130. The fourth-order valence-corrected chi connectivity index (χ4v) is 2.98. The van der Waals surface area contributed by atoms with Crippen molar-refractivity contribution in [3.63, 3.8) is 0 Å². The Hall–Kier alpha value is -3.93. The monoisotopic (exact) mass is 404 g/mol. The summed E-state index contributed by atoms with van der Waals surface area (Å²) in [6.07, 6.45) is 1.55. The summed E-state index contributed by atoms with van der Waals surface area (Å²) in [5.74, 6) is 0.752. The van der Waals surface area contributed by atoms with Crippen molar-refractivity contribution in [1.82, 2.24) is 0 Å². The Balaban J connectivity index is 1.44. The third-order valence-corrected chi connectivity index (χ3v) is 4.59. The molecule has 3 aromatic carbocycles. The molecule has 0 saturated heterocycles. The highest BCUT2D eigenvalue weighted by molar-refractivity contribution is 6.14. The molecule has 3 aromatic rings. The summed E-state index contributed by atoms with van der Waals surface area (Å²) in [4.78, 5) is 24.8. The van der Waals surface area contributed by atoms with E-state index in [1.165, 1.54) is 12.1 Å². The van der Waals surface area contributed by atoms with E-state index in [4.69, 9.17) is 14.2 Å². The number of ether oxygens (including phenoxy) is 3. The van der Waals surface area contributed by atoms with E-state index in [9.17, 15) is 14.0 Å². The van der Waals surface area contributed by atoms with Crippen molar-refractivity contribution in [2.75, 3.05) is 13.7 Å². The van der Waals surface area contributed by atoms with E-state index in [1.807, 2.05) is 0 Å². The van der Waals surface area contributed by atoms with Crippen molar-refractivity contribution >= 4 is 17.6 Å². The molecule has 1 heterocycles. The molecule has 1 aliphatic heterocycles. The Kier molecular flexibility index (Phi) is 5.30. The molecule has 0 saturated carbocycles. The van der Waals surface area contributed by atoms with Crippen LogP contribution in [0.25, 0.3) is 6.08 Å². The SMILES string of the molecule is COc1ccc(C(=O)COc2ccc3c(c2)OC(=Cc2ccc(F)cc2)C3=O)cc1. The number of allylic oxidation sites excluding steroid dienone is 1. The minimum absolute atomic E-state index is 0.142. The van der Waals surface area contributed by atoms with E-state index < -0.39 is 0 Å². The molecule has 150 valence electrons. The number of hydrogen-bond donors (Lipinski definition) is 0. The van der Waals surface area contributed by atoms with E-state index in [0.29, 0.717) is 33.9 Å². The number of methoxy groups -OCH3 is 1. The summed E-state index contributed by atoms with van der Waals surface area (Å²) in [7, 11) is 1.56. The number of Topliss-reactive ketones (excluding diaryl/α,β-unsaturated/α-hetero) is 2. The fourth-order valence-electron chi connectivity index (χ4n) is 2.98. The molecule has 0 unspecified atom stereocenters. The van der Waals surface area contributed by atoms with Gasteiger partial charge in [0, 0.05) is 11.6 Å². The van der Waals surface area contributed by atoms with Crippen LogP contribution in [0.2, 0.25) is 0 Å². The number of rotatable bonds is 6. The Morgan fingerprint density at radius 2 is 1.70 bits per heavy atom. The van der Waals surface area contributed by atoms with Crippen LogP contribution in [0.3, 0.4) is 0 Å². The number of hydrogen-bond acceptors (Lipinski definition) is 5. The molecule has 4 rings (SSSR count). The molecule has 0 spiro atoms. The van der Waals surface area contributed by atoms with Crippen molar-refractivity contribution in [1.29, 1.82) is 0 Å². The first kappa shape index (κ1) is 19.4. The summed E-state index contributed by atoms with van der Waals surface area (Å²) in [5.41, 5.74) is 1.55. The third-order valence-electron chi connectivity index (χ3n) is 4.59. The quantitative estimate of drug-likeness (QED) is 0.440. The predicted octanol–water partition coefficient (Wildman–Crippen LogP) is 4.71. The zero-order valence-electron chi connectivity index (χ0n) is 16.1. The Morgan fingerprint density at radius 1 is 1.00 bits per heavy atom. The van der Waals surface area contributed by atoms with Crippen LogP contribution in [0, 0.1) is 5.82 Å². The van der Waals surface area contributed by atoms with Gasteiger partial charge in [-0.2, -0.15) is 0 Å². The number of carbonyl (C=O) groups is 2. The first-order valence-corrected chi connectivity index (χ1v) is 9.17. The molecule has 0 fully saturated rings. The highest BCUT2D eigenvalue weighted by atomic mass is 19.1. The lowest BCUT2D eigenvalue weighted by Gasteiger charge is -2.07. The molecule has 0 atom stereocenters. The number of carbonyl (C=O) groups excluding carboxylic acids is 2. The Labute approximate surface area is 172 Å². The van der Waals surface area contributed by atoms with Gasteiger partial charge in [0.1, 0.15) is 23.1 Å². The van der Waals surface area contributed by atoms with Crippen LogP contribution in [-0.4, -0.2) is 25.3 Å². The second-order valence-electron chi connectivity index (χ2n) is 6.59. The molecule has 0 bridgehead atoms. The van der Waals surface area contributed by atoms with Crippen molar-refractivity contribution in [3.8, 4) is 17.2 Å². The standard InChI is InChI=1S/C24H17FO5/c1-28-18-8-4-16(5-9-18)21(26)14-29-19-10-11-20-22(13-19)30-23(24(20)27)12-15-2-6-17(25)7-3-15/h2-13H,14H2,1H3. The first-order chi connectivity index (χ1) is 14.5.